The van der Waals surface area contributed by atoms with E-state index in [0.717, 1.165) is 44.4 Å². The van der Waals surface area contributed by atoms with E-state index in [-0.39, 0.29) is 0 Å². The minimum absolute atomic E-state index is 0.392. The summed E-state index contributed by atoms with van der Waals surface area (Å²) in [6.07, 6.45) is 3.88. The molecule has 132 valence electrons. The van der Waals surface area contributed by atoms with Crippen LogP contribution in [0.25, 0.3) is 0 Å². The highest BCUT2D eigenvalue weighted by Gasteiger charge is 2.07. The number of hydrogen-bond acceptors (Lipinski definition) is 4. The van der Waals surface area contributed by atoms with E-state index in [4.69, 9.17) is 0 Å². The fourth-order valence-corrected chi connectivity index (χ4v) is 2.40. The summed E-state index contributed by atoms with van der Waals surface area (Å²) in [7, 11) is 1.88. The number of rotatable bonds is 10. The molecule has 0 aromatic carbocycles. The highest BCUT2D eigenvalue weighted by atomic mass is 15.3. The van der Waals surface area contributed by atoms with Gasteiger partial charge in [-0.2, -0.15) is 5.10 Å². The van der Waals surface area contributed by atoms with Gasteiger partial charge in [0.2, 0.25) is 0 Å². The Morgan fingerprint density at radius 1 is 1.35 bits per heavy atom. The molecule has 0 radical (unpaired) electrons. The normalized spacial score (nSPS) is 13.4. The van der Waals surface area contributed by atoms with Crippen LogP contribution in [0.5, 0.6) is 0 Å². The Bertz CT molecular complexity index is 451. The number of aryl methyl sites for hydroxylation is 1. The highest BCUT2D eigenvalue weighted by Crippen LogP contribution is 2.00. The SMILES string of the molecule is CCNC(=NCc1ncnn1C)NC(C)CCCN(CC)CC. The van der Waals surface area contributed by atoms with Gasteiger partial charge in [-0.3, -0.25) is 4.68 Å². The lowest BCUT2D eigenvalue weighted by Gasteiger charge is -2.21. The van der Waals surface area contributed by atoms with Gasteiger partial charge in [0.05, 0.1) is 0 Å². The lowest BCUT2D eigenvalue weighted by Crippen LogP contribution is -2.42. The summed E-state index contributed by atoms with van der Waals surface area (Å²) in [6.45, 7) is 13.5. The van der Waals surface area contributed by atoms with E-state index in [0.29, 0.717) is 12.6 Å². The van der Waals surface area contributed by atoms with Gasteiger partial charge in [-0.05, 0) is 46.3 Å². The first-order chi connectivity index (χ1) is 11.1. The second-order valence-electron chi connectivity index (χ2n) is 5.71. The number of nitrogens with one attached hydrogen (secondary N) is 2. The Kier molecular flexibility index (Phi) is 9.28. The van der Waals surface area contributed by atoms with Crippen LogP contribution in [-0.2, 0) is 13.6 Å². The van der Waals surface area contributed by atoms with E-state index in [1.165, 1.54) is 6.42 Å². The van der Waals surface area contributed by atoms with Gasteiger partial charge in [0.25, 0.3) is 0 Å². The van der Waals surface area contributed by atoms with Crippen molar-refractivity contribution in [3.8, 4) is 0 Å². The smallest absolute Gasteiger partial charge is 0.191 e. The average Bonchev–Trinajstić information content (AvgIpc) is 2.94. The second kappa shape index (κ2) is 11.0. The maximum absolute atomic E-state index is 4.59. The molecule has 1 aromatic heterocycles. The van der Waals surface area contributed by atoms with Crippen molar-refractivity contribution >= 4 is 5.96 Å². The second-order valence-corrected chi connectivity index (χ2v) is 5.71. The zero-order valence-electron chi connectivity index (χ0n) is 15.3. The zero-order valence-corrected chi connectivity index (χ0v) is 15.3. The van der Waals surface area contributed by atoms with Crippen molar-refractivity contribution in [3.63, 3.8) is 0 Å². The molecule has 1 aromatic rings. The van der Waals surface area contributed by atoms with Gasteiger partial charge in [-0.25, -0.2) is 9.98 Å². The molecule has 0 aliphatic heterocycles. The summed E-state index contributed by atoms with van der Waals surface area (Å²) >= 11 is 0. The van der Waals surface area contributed by atoms with E-state index in [1.807, 2.05) is 7.05 Å². The summed E-state index contributed by atoms with van der Waals surface area (Å²) in [5.74, 6) is 1.70. The molecule has 0 saturated carbocycles. The summed E-state index contributed by atoms with van der Waals surface area (Å²) in [4.78, 5) is 11.2. The molecule has 7 nitrogen and oxygen atoms in total. The quantitative estimate of drug-likeness (QED) is 0.503. The fourth-order valence-electron chi connectivity index (χ4n) is 2.40. The Morgan fingerprint density at radius 2 is 2.09 bits per heavy atom. The van der Waals surface area contributed by atoms with E-state index < -0.39 is 0 Å². The lowest BCUT2D eigenvalue weighted by atomic mass is 10.2. The third kappa shape index (κ3) is 7.45. The van der Waals surface area contributed by atoms with Crippen LogP contribution in [0.2, 0.25) is 0 Å². The molecule has 1 atom stereocenters. The minimum atomic E-state index is 0.392. The van der Waals surface area contributed by atoms with Gasteiger partial charge in [0, 0.05) is 19.6 Å². The molecule has 0 aliphatic rings. The molecular formula is C16H33N7. The van der Waals surface area contributed by atoms with Crippen LogP contribution in [0.3, 0.4) is 0 Å². The van der Waals surface area contributed by atoms with Gasteiger partial charge in [-0.15, -0.1) is 0 Å². The number of guanidine groups is 1. The Hall–Kier alpha value is -1.63. The molecule has 0 saturated heterocycles. The van der Waals surface area contributed by atoms with Gasteiger partial charge in [-0.1, -0.05) is 13.8 Å². The van der Waals surface area contributed by atoms with Crippen LogP contribution in [0.1, 0.15) is 46.4 Å². The topological polar surface area (TPSA) is 70.4 Å². The van der Waals surface area contributed by atoms with E-state index in [1.54, 1.807) is 11.0 Å². The molecule has 0 bridgehead atoms. The van der Waals surface area contributed by atoms with Crippen LogP contribution in [0.4, 0.5) is 0 Å². The monoisotopic (exact) mass is 323 g/mol. The molecule has 0 fully saturated rings. The van der Waals surface area contributed by atoms with Crippen molar-refractivity contribution in [3.05, 3.63) is 12.2 Å². The lowest BCUT2D eigenvalue weighted by molar-refractivity contribution is 0.292. The minimum Gasteiger partial charge on any atom is -0.357 e. The summed E-state index contributed by atoms with van der Waals surface area (Å²) < 4.78 is 1.75. The number of hydrogen-bond donors (Lipinski definition) is 2. The summed E-state index contributed by atoms with van der Waals surface area (Å²) in [5.41, 5.74) is 0. The maximum Gasteiger partial charge on any atom is 0.191 e. The van der Waals surface area contributed by atoms with Gasteiger partial charge >= 0.3 is 0 Å². The van der Waals surface area contributed by atoms with Crippen molar-refractivity contribution in [2.75, 3.05) is 26.2 Å². The molecule has 1 rings (SSSR count). The van der Waals surface area contributed by atoms with Crippen LogP contribution in [0, 0.1) is 0 Å². The number of nitrogens with zero attached hydrogens (tertiary/aromatic N) is 5. The molecule has 1 unspecified atom stereocenters. The van der Waals surface area contributed by atoms with Gasteiger partial charge in [0.15, 0.2) is 5.96 Å². The fraction of sp³-hybridized carbons (Fsp3) is 0.812. The van der Waals surface area contributed by atoms with Crippen LogP contribution < -0.4 is 10.6 Å². The molecule has 0 spiro atoms. The number of aromatic nitrogens is 3. The molecule has 7 heteroatoms. The van der Waals surface area contributed by atoms with E-state index >= 15 is 0 Å². The predicted octanol–water partition coefficient (Wildman–Crippen LogP) is 1.38. The van der Waals surface area contributed by atoms with Crippen LogP contribution in [-0.4, -0.2) is 57.8 Å². The summed E-state index contributed by atoms with van der Waals surface area (Å²) in [5, 5.41) is 10.8. The summed E-state index contributed by atoms with van der Waals surface area (Å²) in [6, 6.07) is 0.392. The molecule has 0 amide bonds. The largest absolute Gasteiger partial charge is 0.357 e. The first-order valence-corrected chi connectivity index (χ1v) is 8.70. The van der Waals surface area contributed by atoms with Crippen molar-refractivity contribution < 1.29 is 0 Å². The zero-order chi connectivity index (χ0) is 17.1. The Morgan fingerprint density at radius 3 is 2.65 bits per heavy atom. The third-order valence-electron chi connectivity index (χ3n) is 3.92. The van der Waals surface area contributed by atoms with Crippen LogP contribution in [0.15, 0.2) is 11.3 Å². The molecule has 23 heavy (non-hydrogen) atoms. The number of aliphatic imine (C=N–C) groups is 1. The first kappa shape index (κ1) is 19.4. The van der Waals surface area contributed by atoms with Gasteiger partial charge in [0.1, 0.15) is 18.7 Å². The van der Waals surface area contributed by atoms with Crippen molar-refractivity contribution in [1.82, 2.24) is 30.3 Å². The van der Waals surface area contributed by atoms with E-state index in [2.05, 4.69) is 58.3 Å². The average molecular weight is 323 g/mol. The molecular weight excluding hydrogens is 290 g/mol. The highest BCUT2D eigenvalue weighted by molar-refractivity contribution is 5.79. The van der Waals surface area contributed by atoms with Crippen molar-refractivity contribution in [2.45, 2.75) is 53.1 Å². The van der Waals surface area contributed by atoms with Crippen LogP contribution >= 0.6 is 0 Å². The standard InChI is InChI=1S/C16H33N7/c1-6-17-16(18-12-15-19-13-20-22(15)5)21-14(4)10-9-11-23(7-2)8-3/h13-14H,6-12H2,1-5H3,(H2,17,18,21). The molecule has 2 N–H and O–H groups in total. The van der Waals surface area contributed by atoms with Crippen molar-refractivity contribution in [2.24, 2.45) is 12.0 Å². The molecule has 0 aliphatic carbocycles. The Labute approximate surface area is 140 Å². The molecule has 1 heterocycles. The predicted molar refractivity (Wildman–Crippen MR) is 95.4 cm³/mol. The van der Waals surface area contributed by atoms with E-state index in [9.17, 15) is 0 Å². The van der Waals surface area contributed by atoms with Gasteiger partial charge < -0.3 is 15.5 Å². The third-order valence-corrected chi connectivity index (χ3v) is 3.92. The first-order valence-electron chi connectivity index (χ1n) is 8.70. The van der Waals surface area contributed by atoms with Crippen molar-refractivity contribution in [1.29, 1.82) is 0 Å². The maximum atomic E-state index is 4.59. The Balaban J connectivity index is 2.43.